The van der Waals surface area contributed by atoms with Crippen LogP contribution < -0.4 is 9.47 Å². The lowest BCUT2D eigenvalue weighted by Crippen LogP contribution is -1.99. The first kappa shape index (κ1) is 13.5. The highest BCUT2D eigenvalue weighted by Gasteiger charge is 2.06. The third kappa shape index (κ3) is 3.54. The van der Waals surface area contributed by atoms with Gasteiger partial charge in [0.05, 0.1) is 12.7 Å². The Morgan fingerprint density at radius 1 is 1.32 bits per heavy atom. The van der Waals surface area contributed by atoms with Gasteiger partial charge in [-0.1, -0.05) is 0 Å². The van der Waals surface area contributed by atoms with Crippen LogP contribution in [0.3, 0.4) is 0 Å². The maximum atomic E-state index is 11.0. The second-order valence-electron chi connectivity index (χ2n) is 3.82. The fraction of sp³-hybridized carbons (Fsp3) is 0.143. The Hall–Kier alpha value is -1.88. The van der Waals surface area contributed by atoms with Crippen molar-refractivity contribution < 1.29 is 14.3 Å². The van der Waals surface area contributed by atoms with E-state index in [1.54, 1.807) is 37.7 Å². The smallest absolute Gasteiger partial charge is 0.153 e. The molecule has 0 unspecified atom stereocenters. The summed E-state index contributed by atoms with van der Waals surface area (Å²) in [4.78, 5) is 15.0. The first-order chi connectivity index (χ1) is 9.22. The van der Waals surface area contributed by atoms with Crippen molar-refractivity contribution in [3.05, 3.63) is 52.3 Å². The number of hydrogen-bond acceptors (Lipinski definition) is 4. The molecule has 0 aliphatic heterocycles. The van der Waals surface area contributed by atoms with E-state index in [1.807, 2.05) is 6.07 Å². The van der Waals surface area contributed by atoms with Crippen LogP contribution in [0.15, 0.2) is 41.1 Å². The van der Waals surface area contributed by atoms with Gasteiger partial charge < -0.3 is 9.47 Å². The highest BCUT2D eigenvalue weighted by Crippen LogP contribution is 2.24. The summed E-state index contributed by atoms with van der Waals surface area (Å²) < 4.78 is 11.6. The van der Waals surface area contributed by atoms with Gasteiger partial charge in [0, 0.05) is 28.5 Å². The lowest BCUT2D eigenvalue weighted by Gasteiger charge is -2.10. The predicted molar refractivity (Wildman–Crippen MR) is 74.7 cm³/mol. The van der Waals surface area contributed by atoms with Crippen molar-refractivity contribution in [2.75, 3.05) is 7.11 Å². The summed E-state index contributed by atoms with van der Waals surface area (Å²) in [7, 11) is 1.57. The Labute approximate surface area is 119 Å². The van der Waals surface area contributed by atoms with E-state index < -0.39 is 0 Å². The third-order valence-corrected chi connectivity index (χ3v) is 2.94. The topological polar surface area (TPSA) is 48.4 Å². The Morgan fingerprint density at radius 2 is 2.16 bits per heavy atom. The molecule has 0 saturated heterocycles. The number of hydrogen-bond donors (Lipinski definition) is 0. The lowest BCUT2D eigenvalue weighted by atomic mass is 10.2. The van der Waals surface area contributed by atoms with Gasteiger partial charge in [-0.25, -0.2) is 0 Å². The van der Waals surface area contributed by atoms with Gasteiger partial charge in [-0.15, -0.1) is 0 Å². The van der Waals surface area contributed by atoms with Crippen molar-refractivity contribution in [2.24, 2.45) is 0 Å². The molecule has 2 aromatic rings. The first-order valence-corrected chi connectivity index (χ1v) is 6.37. The number of ether oxygens (including phenoxy) is 2. The van der Waals surface area contributed by atoms with Crippen LogP contribution >= 0.6 is 15.9 Å². The van der Waals surface area contributed by atoms with Gasteiger partial charge in [0.25, 0.3) is 0 Å². The van der Waals surface area contributed by atoms with E-state index in [9.17, 15) is 4.79 Å². The van der Waals surface area contributed by atoms with Crippen LogP contribution in [0.2, 0.25) is 0 Å². The van der Waals surface area contributed by atoms with Crippen LogP contribution in [0.1, 0.15) is 15.9 Å². The van der Waals surface area contributed by atoms with E-state index in [0.29, 0.717) is 23.7 Å². The standard InChI is InChI=1S/C14H12BrNO3/c1-18-13-3-2-11(8-17)14(5-13)19-9-10-4-12(15)7-16-6-10/h2-8H,9H2,1H3. The number of halogens is 1. The summed E-state index contributed by atoms with van der Waals surface area (Å²) in [6.07, 6.45) is 4.17. The fourth-order valence-electron chi connectivity index (χ4n) is 1.56. The molecule has 0 atom stereocenters. The number of benzene rings is 1. The van der Waals surface area contributed by atoms with Gasteiger partial charge in [-0.3, -0.25) is 9.78 Å². The maximum absolute atomic E-state index is 11.0. The van der Waals surface area contributed by atoms with Gasteiger partial charge in [0.1, 0.15) is 18.1 Å². The molecule has 0 aliphatic rings. The molecule has 0 bridgehead atoms. The summed E-state index contributed by atoms with van der Waals surface area (Å²) >= 11 is 3.35. The molecule has 0 radical (unpaired) electrons. The first-order valence-electron chi connectivity index (χ1n) is 5.58. The second kappa shape index (κ2) is 6.33. The number of nitrogens with zero attached hydrogens (tertiary/aromatic N) is 1. The number of carbonyl (C=O) groups excluding carboxylic acids is 1. The summed E-state index contributed by atoms with van der Waals surface area (Å²) in [6.45, 7) is 0.334. The van der Waals surface area contributed by atoms with Crippen molar-refractivity contribution >= 4 is 22.2 Å². The Balaban J connectivity index is 2.16. The zero-order chi connectivity index (χ0) is 13.7. The fourth-order valence-corrected chi connectivity index (χ4v) is 1.97. The largest absolute Gasteiger partial charge is 0.497 e. The summed E-state index contributed by atoms with van der Waals surface area (Å²) in [5.74, 6) is 1.14. The molecule has 4 nitrogen and oxygen atoms in total. The summed E-state index contributed by atoms with van der Waals surface area (Å²) in [5, 5.41) is 0. The molecule has 19 heavy (non-hydrogen) atoms. The van der Waals surface area contributed by atoms with Crippen LogP contribution in [-0.4, -0.2) is 18.4 Å². The van der Waals surface area contributed by atoms with E-state index in [4.69, 9.17) is 9.47 Å². The number of methoxy groups -OCH3 is 1. The molecular formula is C14H12BrNO3. The van der Waals surface area contributed by atoms with Crippen LogP contribution in [0.5, 0.6) is 11.5 Å². The van der Waals surface area contributed by atoms with Crippen LogP contribution in [-0.2, 0) is 6.61 Å². The molecule has 0 N–H and O–H groups in total. The molecule has 5 heteroatoms. The number of aldehydes is 1. The predicted octanol–water partition coefficient (Wildman–Crippen LogP) is 3.24. The minimum atomic E-state index is 0.334. The molecule has 1 aromatic carbocycles. The average molecular weight is 322 g/mol. The minimum Gasteiger partial charge on any atom is -0.497 e. The number of pyridine rings is 1. The van der Waals surface area contributed by atoms with Crippen LogP contribution in [0.4, 0.5) is 0 Å². The number of rotatable bonds is 5. The van der Waals surface area contributed by atoms with Gasteiger partial charge >= 0.3 is 0 Å². The highest BCUT2D eigenvalue weighted by atomic mass is 79.9. The number of carbonyl (C=O) groups is 1. The van der Waals surface area contributed by atoms with Crippen LogP contribution in [0, 0.1) is 0 Å². The molecule has 0 amide bonds. The minimum absolute atomic E-state index is 0.334. The van der Waals surface area contributed by atoms with Crippen molar-refractivity contribution in [1.29, 1.82) is 0 Å². The van der Waals surface area contributed by atoms with E-state index in [0.717, 1.165) is 16.3 Å². The SMILES string of the molecule is COc1ccc(C=O)c(OCc2cncc(Br)c2)c1. The summed E-state index contributed by atoms with van der Waals surface area (Å²) in [5.41, 5.74) is 1.40. The van der Waals surface area contributed by atoms with E-state index in [1.165, 1.54) is 0 Å². The molecule has 0 aliphatic carbocycles. The Morgan fingerprint density at radius 3 is 2.84 bits per heavy atom. The molecule has 2 rings (SSSR count). The molecule has 0 spiro atoms. The Kier molecular flexibility index (Phi) is 4.52. The van der Waals surface area contributed by atoms with E-state index >= 15 is 0 Å². The maximum Gasteiger partial charge on any atom is 0.153 e. The van der Waals surface area contributed by atoms with Crippen molar-refractivity contribution in [2.45, 2.75) is 6.61 Å². The molecule has 98 valence electrons. The van der Waals surface area contributed by atoms with E-state index in [-0.39, 0.29) is 0 Å². The van der Waals surface area contributed by atoms with E-state index in [2.05, 4.69) is 20.9 Å². The second-order valence-corrected chi connectivity index (χ2v) is 4.74. The molecule has 1 aromatic heterocycles. The van der Waals surface area contributed by atoms with Gasteiger partial charge in [0.2, 0.25) is 0 Å². The molecule has 0 saturated carbocycles. The van der Waals surface area contributed by atoms with Gasteiger partial charge in [-0.05, 0) is 34.1 Å². The molecular weight excluding hydrogens is 310 g/mol. The average Bonchev–Trinajstić information content (AvgIpc) is 2.45. The summed E-state index contributed by atoms with van der Waals surface area (Å²) in [6, 6.07) is 6.99. The van der Waals surface area contributed by atoms with Gasteiger partial charge in [-0.2, -0.15) is 0 Å². The van der Waals surface area contributed by atoms with Crippen molar-refractivity contribution in [3.8, 4) is 11.5 Å². The third-order valence-electron chi connectivity index (χ3n) is 2.50. The van der Waals surface area contributed by atoms with Crippen molar-refractivity contribution in [1.82, 2.24) is 4.98 Å². The zero-order valence-corrected chi connectivity index (χ0v) is 11.9. The monoisotopic (exact) mass is 321 g/mol. The van der Waals surface area contributed by atoms with Crippen molar-refractivity contribution in [3.63, 3.8) is 0 Å². The lowest BCUT2D eigenvalue weighted by molar-refractivity contribution is 0.111. The normalized spacial score (nSPS) is 10.0. The highest BCUT2D eigenvalue weighted by molar-refractivity contribution is 9.10. The molecule has 0 fully saturated rings. The zero-order valence-electron chi connectivity index (χ0n) is 10.3. The number of aromatic nitrogens is 1. The quantitative estimate of drug-likeness (QED) is 0.793. The van der Waals surface area contributed by atoms with Gasteiger partial charge in [0.15, 0.2) is 6.29 Å². The Bertz CT molecular complexity index is 587. The molecule has 1 heterocycles. The van der Waals surface area contributed by atoms with Crippen LogP contribution in [0.25, 0.3) is 0 Å².